The van der Waals surface area contributed by atoms with Crippen molar-refractivity contribution in [3.05, 3.63) is 155 Å². The van der Waals surface area contributed by atoms with E-state index in [9.17, 15) is 5.26 Å². The van der Waals surface area contributed by atoms with Crippen LogP contribution in [-0.4, -0.2) is 14.5 Å². The molecule has 0 saturated carbocycles. The topological polar surface area (TPSA) is 58.9 Å². The lowest BCUT2D eigenvalue weighted by Gasteiger charge is -2.40. The Kier molecular flexibility index (Phi) is 4.82. The molecule has 1 aliphatic heterocycles. The van der Waals surface area contributed by atoms with Gasteiger partial charge in [-0.05, 0) is 82.2 Å². The standard InChI is InChI=1S/C37H19N5S/c1-39-23-14-16-31-25(20-23)24-19-22(21-38)13-15-30(24)42(31)32-11-4-8-29-36(32)43-33-12-3-2-7-26(33)37(29)27-9-5-17-40-34(27)35-28(37)10-6-18-41-35/h2-20H. The number of hydrogen-bond donors (Lipinski definition) is 0. The average molecular weight is 566 g/mol. The molecule has 0 fully saturated rings. The summed E-state index contributed by atoms with van der Waals surface area (Å²) in [4.78, 5) is 15.8. The molecule has 5 nitrogen and oxygen atoms in total. The van der Waals surface area contributed by atoms with Crippen molar-refractivity contribution in [2.75, 3.05) is 0 Å². The van der Waals surface area contributed by atoms with E-state index in [0.717, 1.165) is 54.9 Å². The Morgan fingerprint density at radius 1 is 0.721 bits per heavy atom. The Hall–Kier alpha value is -5.69. The maximum atomic E-state index is 9.70. The van der Waals surface area contributed by atoms with Crippen LogP contribution in [0.1, 0.15) is 27.8 Å². The van der Waals surface area contributed by atoms with Gasteiger partial charge in [0.25, 0.3) is 0 Å². The number of fused-ring (bicyclic) bond motifs is 12. The van der Waals surface area contributed by atoms with E-state index in [1.807, 2.05) is 60.9 Å². The third kappa shape index (κ3) is 3.00. The first kappa shape index (κ1) is 24.0. The highest BCUT2D eigenvalue weighted by molar-refractivity contribution is 7.99. The van der Waals surface area contributed by atoms with E-state index >= 15 is 0 Å². The zero-order valence-electron chi connectivity index (χ0n) is 22.6. The number of nitriles is 1. The van der Waals surface area contributed by atoms with Crippen LogP contribution in [0.15, 0.2) is 125 Å². The summed E-state index contributed by atoms with van der Waals surface area (Å²) in [6.07, 6.45) is 3.70. The van der Waals surface area contributed by atoms with Crippen molar-refractivity contribution in [1.29, 1.82) is 5.26 Å². The number of hydrogen-bond acceptors (Lipinski definition) is 4. The van der Waals surface area contributed by atoms with E-state index in [4.69, 9.17) is 16.5 Å². The number of aromatic nitrogens is 3. The van der Waals surface area contributed by atoms with Crippen LogP contribution >= 0.6 is 11.8 Å². The largest absolute Gasteiger partial charge is 0.308 e. The Morgan fingerprint density at radius 2 is 1.40 bits per heavy atom. The fourth-order valence-electron chi connectivity index (χ4n) is 7.15. The predicted octanol–water partition coefficient (Wildman–Crippen LogP) is 8.82. The van der Waals surface area contributed by atoms with Crippen molar-refractivity contribution in [2.24, 2.45) is 0 Å². The smallest absolute Gasteiger partial charge is 0.188 e. The summed E-state index contributed by atoms with van der Waals surface area (Å²) in [5.41, 5.74) is 10.2. The van der Waals surface area contributed by atoms with E-state index in [-0.39, 0.29) is 0 Å². The second-order valence-electron chi connectivity index (χ2n) is 10.8. The molecule has 3 aromatic heterocycles. The molecule has 0 saturated heterocycles. The summed E-state index contributed by atoms with van der Waals surface area (Å²) in [5.74, 6) is 0. The molecule has 0 bridgehead atoms. The highest BCUT2D eigenvalue weighted by Gasteiger charge is 2.51. The van der Waals surface area contributed by atoms with Gasteiger partial charge < -0.3 is 4.57 Å². The highest BCUT2D eigenvalue weighted by atomic mass is 32.2. The van der Waals surface area contributed by atoms with Crippen LogP contribution < -0.4 is 0 Å². The molecule has 6 heteroatoms. The van der Waals surface area contributed by atoms with E-state index in [1.165, 1.54) is 16.0 Å². The minimum atomic E-state index is -0.579. The first-order valence-electron chi connectivity index (χ1n) is 13.9. The van der Waals surface area contributed by atoms with Gasteiger partial charge >= 0.3 is 0 Å². The normalized spacial score (nSPS) is 13.6. The van der Waals surface area contributed by atoms with Gasteiger partial charge in [0.2, 0.25) is 0 Å². The second kappa shape index (κ2) is 8.66. The van der Waals surface area contributed by atoms with Gasteiger partial charge in [-0.2, -0.15) is 5.26 Å². The molecule has 0 N–H and O–H groups in total. The molecule has 9 rings (SSSR count). The monoisotopic (exact) mass is 565 g/mol. The summed E-state index contributed by atoms with van der Waals surface area (Å²) in [6, 6.07) is 37.6. The quantitative estimate of drug-likeness (QED) is 0.187. The van der Waals surface area contributed by atoms with Crippen LogP contribution in [0.25, 0.3) is 43.7 Å². The predicted molar refractivity (Wildman–Crippen MR) is 169 cm³/mol. The lowest BCUT2D eigenvalue weighted by atomic mass is 9.67. The maximum absolute atomic E-state index is 9.70. The van der Waals surface area contributed by atoms with E-state index in [0.29, 0.717) is 11.3 Å². The van der Waals surface area contributed by atoms with Crippen molar-refractivity contribution in [1.82, 2.24) is 14.5 Å². The number of pyridine rings is 2. The first-order valence-corrected chi connectivity index (χ1v) is 14.7. The van der Waals surface area contributed by atoms with Crippen molar-refractivity contribution in [3.8, 4) is 23.1 Å². The van der Waals surface area contributed by atoms with Crippen LogP contribution in [0.4, 0.5) is 5.69 Å². The number of nitrogens with zero attached hydrogens (tertiary/aromatic N) is 5. The van der Waals surface area contributed by atoms with E-state index < -0.39 is 5.41 Å². The fourth-order valence-corrected chi connectivity index (χ4v) is 8.45. The molecule has 4 heterocycles. The number of rotatable bonds is 1. The van der Waals surface area contributed by atoms with Crippen LogP contribution in [0.2, 0.25) is 0 Å². The Bertz CT molecular complexity index is 2310. The molecule has 0 radical (unpaired) electrons. The minimum absolute atomic E-state index is 0.574. The third-order valence-corrected chi connectivity index (χ3v) is 10.0. The summed E-state index contributed by atoms with van der Waals surface area (Å²) in [6.45, 7) is 7.63. The van der Waals surface area contributed by atoms with Crippen LogP contribution in [0.5, 0.6) is 0 Å². The summed E-state index contributed by atoms with van der Waals surface area (Å²) in [7, 11) is 0. The van der Waals surface area contributed by atoms with Crippen molar-refractivity contribution >= 4 is 39.3 Å². The lowest BCUT2D eigenvalue weighted by molar-refractivity contribution is 0.717. The van der Waals surface area contributed by atoms with Crippen LogP contribution in [0, 0.1) is 17.9 Å². The van der Waals surface area contributed by atoms with Gasteiger partial charge in [-0.3, -0.25) is 9.97 Å². The second-order valence-corrected chi connectivity index (χ2v) is 11.8. The van der Waals surface area contributed by atoms with Crippen molar-refractivity contribution in [3.63, 3.8) is 0 Å². The molecule has 4 aromatic carbocycles. The van der Waals surface area contributed by atoms with E-state index in [1.54, 1.807) is 11.8 Å². The Balaban J connectivity index is 1.44. The molecule has 0 amide bonds. The maximum Gasteiger partial charge on any atom is 0.188 e. The minimum Gasteiger partial charge on any atom is -0.308 e. The fraction of sp³-hybridized carbons (Fsp3) is 0.0270. The molecule has 1 spiro atoms. The molecule has 198 valence electrons. The summed E-state index contributed by atoms with van der Waals surface area (Å²) in [5, 5.41) is 11.6. The van der Waals surface area contributed by atoms with Crippen molar-refractivity contribution in [2.45, 2.75) is 15.2 Å². The summed E-state index contributed by atoms with van der Waals surface area (Å²) >= 11 is 1.79. The van der Waals surface area contributed by atoms with Gasteiger partial charge in [0, 0.05) is 27.6 Å². The van der Waals surface area contributed by atoms with Gasteiger partial charge in [0.1, 0.15) is 0 Å². The molecular weight excluding hydrogens is 547 g/mol. The Morgan fingerprint density at radius 3 is 2.14 bits per heavy atom. The van der Waals surface area contributed by atoms with Gasteiger partial charge in [-0.15, -0.1) is 0 Å². The molecular formula is C37H19N5S. The molecule has 2 aliphatic rings. The average Bonchev–Trinajstić information content (AvgIpc) is 3.55. The van der Waals surface area contributed by atoms with E-state index in [2.05, 4.69) is 70.1 Å². The van der Waals surface area contributed by atoms with Crippen LogP contribution in [0.3, 0.4) is 0 Å². The molecule has 43 heavy (non-hydrogen) atoms. The summed E-state index contributed by atoms with van der Waals surface area (Å²) < 4.78 is 2.29. The zero-order valence-corrected chi connectivity index (χ0v) is 23.4. The van der Waals surface area contributed by atoms with Gasteiger partial charge in [0.05, 0.1) is 51.7 Å². The van der Waals surface area contributed by atoms with Gasteiger partial charge in [-0.25, -0.2) is 4.85 Å². The molecule has 1 aliphatic carbocycles. The third-order valence-electron chi connectivity index (χ3n) is 8.80. The molecule has 0 atom stereocenters. The Labute approximate surface area is 251 Å². The SMILES string of the molecule is [C-]#[N+]c1ccc2c(c1)c1cc(C#N)ccc1n2-c1cccc2c1Sc1ccccc1C21c2cccnc2-c2ncccc21. The molecule has 7 aromatic rings. The highest BCUT2D eigenvalue weighted by Crippen LogP contribution is 2.62. The molecule has 0 unspecified atom stereocenters. The first-order chi connectivity index (χ1) is 21.2. The zero-order chi connectivity index (χ0) is 28.7. The number of benzene rings is 4. The van der Waals surface area contributed by atoms with Crippen molar-refractivity contribution < 1.29 is 0 Å². The van der Waals surface area contributed by atoms with Crippen LogP contribution in [-0.2, 0) is 5.41 Å². The van der Waals surface area contributed by atoms with Gasteiger partial charge in [-0.1, -0.05) is 60.3 Å². The lowest BCUT2D eigenvalue weighted by Crippen LogP contribution is -2.32. The van der Waals surface area contributed by atoms with Gasteiger partial charge in [0.15, 0.2) is 5.69 Å².